The van der Waals surface area contributed by atoms with Crippen LogP contribution >= 0.6 is 0 Å². The van der Waals surface area contributed by atoms with Crippen molar-refractivity contribution in [2.45, 2.75) is 32.6 Å². The second kappa shape index (κ2) is 8.18. The molecule has 0 bridgehead atoms. The van der Waals surface area contributed by atoms with E-state index in [1.807, 2.05) is 30.9 Å². The summed E-state index contributed by atoms with van der Waals surface area (Å²) in [6.07, 6.45) is 0.0608. The van der Waals surface area contributed by atoms with Gasteiger partial charge in [-0.2, -0.15) is 0 Å². The van der Waals surface area contributed by atoms with Crippen LogP contribution in [0.15, 0.2) is 48.5 Å². The average Bonchev–Trinajstić information content (AvgIpc) is 2.65. The van der Waals surface area contributed by atoms with Gasteiger partial charge in [0.15, 0.2) is 0 Å². The molecule has 7 heteroatoms. The molecule has 0 aliphatic carbocycles. The minimum atomic E-state index is -0.408. The van der Waals surface area contributed by atoms with Gasteiger partial charge in [0.2, 0.25) is 0 Å². The molecule has 1 amide bonds. The number of ether oxygens (including phenoxy) is 1. The molecule has 1 aliphatic rings. The largest absolute Gasteiger partial charge is 0.375 e. The fourth-order valence-corrected chi connectivity index (χ4v) is 3.27. The van der Waals surface area contributed by atoms with Crippen LogP contribution in [0, 0.1) is 10.1 Å². The van der Waals surface area contributed by atoms with E-state index in [-0.39, 0.29) is 23.8 Å². The highest BCUT2D eigenvalue weighted by Crippen LogP contribution is 2.24. The van der Waals surface area contributed by atoms with Gasteiger partial charge in [-0.1, -0.05) is 24.3 Å². The summed E-state index contributed by atoms with van der Waals surface area (Å²) in [5.41, 5.74) is 2.08. The van der Waals surface area contributed by atoms with E-state index in [1.165, 1.54) is 6.07 Å². The number of rotatable bonds is 5. The van der Waals surface area contributed by atoms with E-state index in [4.69, 9.17) is 4.74 Å². The molecule has 2 atom stereocenters. The van der Waals surface area contributed by atoms with Crippen molar-refractivity contribution in [2.75, 3.05) is 18.4 Å². The first kappa shape index (κ1) is 18.8. The summed E-state index contributed by atoms with van der Waals surface area (Å²) in [4.78, 5) is 25.2. The molecule has 0 radical (unpaired) electrons. The quantitative estimate of drug-likeness (QED) is 0.644. The van der Waals surface area contributed by atoms with E-state index < -0.39 is 4.92 Å². The number of nitro benzene ring substituents is 1. The number of benzene rings is 2. The van der Waals surface area contributed by atoms with Crippen molar-refractivity contribution < 1.29 is 14.5 Å². The SMILES string of the molecule is CC1CN(C(=O)c2ccc(CNc3ccccc3[N+](=O)[O-])cc2)CC(C)O1. The minimum absolute atomic E-state index is 0.00444. The number of para-hydroxylation sites is 2. The standard InChI is InChI=1S/C20H23N3O4/c1-14-12-22(13-15(2)27-14)20(24)17-9-7-16(8-10-17)11-21-18-5-3-4-6-19(18)23(25)26/h3-10,14-15,21H,11-13H2,1-2H3. The van der Waals surface area contributed by atoms with Crippen LogP contribution in [-0.4, -0.2) is 41.0 Å². The Morgan fingerprint density at radius 1 is 1.15 bits per heavy atom. The topological polar surface area (TPSA) is 84.7 Å². The zero-order valence-electron chi connectivity index (χ0n) is 15.4. The average molecular weight is 369 g/mol. The first-order valence-electron chi connectivity index (χ1n) is 8.95. The normalized spacial score (nSPS) is 19.6. The number of morpholine rings is 1. The van der Waals surface area contributed by atoms with Gasteiger partial charge in [0.05, 0.1) is 17.1 Å². The molecule has 3 rings (SSSR count). The third-order valence-electron chi connectivity index (χ3n) is 4.49. The second-order valence-corrected chi connectivity index (χ2v) is 6.79. The molecule has 0 saturated carbocycles. The lowest BCUT2D eigenvalue weighted by molar-refractivity contribution is -0.384. The molecule has 2 aromatic carbocycles. The van der Waals surface area contributed by atoms with Gasteiger partial charge in [-0.05, 0) is 37.6 Å². The number of carbonyl (C=O) groups is 1. The lowest BCUT2D eigenvalue weighted by Crippen LogP contribution is -2.48. The summed E-state index contributed by atoms with van der Waals surface area (Å²) in [7, 11) is 0. The van der Waals surface area contributed by atoms with Crippen LogP contribution in [0.2, 0.25) is 0 Å². The lowest BCUT2D eigenvalue weighted by atomic mass is 10.1. The Morgan fingerprint density at radius 3 is 2.41 bits per heavy atom. The van der Waals surface area contributed by atoms with Gasteiger partial charge in [0, 0.05) is 31.3 Å². The highest BCUT2D eigenvalue weighted by molar-refractivity contribution is 5.94. The maximum Gasteiger partial charge on any atom is 0.292 e. The summed E-state index contributed by atoms with van der Waals surface area (Å²) < 4.78 is 5.67. The Kier molecular flexibility index (Phi) is 5.71. The fourth-order valence-electron chi connectivity index (χ4n) is 3.27. The Balaban J connectivity index is 1.64. The first-order valence-corrected chi connectivity index (χ1v) is 8.95. The summed E-state index contributed by atoms with van der Waals surface area (Å²) in [5, 5.41) is 14.1. The molecule has 1 N–H and O–H groups in total. The monoisotopic (exact) mass is 369 g/mol. The van der Waals surface area contributed by atoms with E-state index in [0.29, 0.717) is 30.9 Å². The van der Waals surface area contributed by atoms with Crippen LogP contribution in [0.3, 0.4) is 0 Å². The van der Waals surface area contributed by atoms with E-state index >= 15 is 0 Å². The van der Waals surface area contributed by atoms with Crippen molar-refractivity contribution in [3.8, 4) is 0 Å². The summed E-state index contributed by atoms with van der Waals surface area (Å²) in [5.74, 6) is -0.00444. The van der Waals surface area contributed by atoms with Crippen molar-refractivity contribution >= 4 is 17.3 Å². The van der Waals surface area contributed by atoms with Crippen molar-refractivity contribution in [3.05, 3.63) is 69.8 Å². The van der Waals surface area contributed by atoms with Crippen LogP contribution in [0.5, 0.6) is 0 Å². The van der Waals surface area contributed by atoms with Crippen LogP contribution < -0.4 is 5.32 Å². The Morgan fingerprint density at radius 2 is 1.78 bits per heavy atom. The fraction of sp³-hybridized carbons (Fsp3) is 0.350. The maximum absolute atomic E-state index is 12.7. The highest BCUT2D eigenvalue weighted by Gasteiger charge is 2.26. The number of hydrogen-bond donors (Lipinski definition) is 1. The van der Waals surface area contributed by atoms with Crippen LogP contribution in [0.4, 0.5) is 11.4 Å². The van der Waals surface area contributed by atoms with Crippen LogP contribution in [-0.2, 0) is 11.3 Å². The number of anilines is 1. The third-order valence-corrected chi connectivity index (χ3v) is 4.49. The van der Waals surface area contributed by atoms with E-state index in [9.17, 15) is 14.9 Å². The molecule has 1 heterocycles. The molecule has 2 unspecified atom stereocenters. The Bertz CT molecular complexity index is 812. The molecule has 1 saturated heterocycles. The van der Waals surface area contributed by atoms with Crippen molar-refractivity contribution in [1.82, 2.24) is 4.90 Å². The van der Waals surface area contributed by atoms with Crippen LogP contribution in [0.1, 0.15) is 29.8 Å². The molecule has 1 aliphatic heterocycles. The molecule has 0 spiro atoms. The van der Waals surface area contributed by atoms with E-state index in [1.54, 1.807) is 30.3 Å². The maximum atomic E-state index is 12.7. The minimum Gasteiger partial charge on any atom is -0.375 e. The van der Waals surface area contributed by atoms with Gasteiger partial charge in [-0.3, -0.25) is 14.9 Å². The molecular formula is C20H23N3O4. The van der Waals surface area contributed by atoms with Gasteiger partial charge >= 0.3 is 0 Å². The summed E-state index contributed by atoms with van der Waals surface area (Å²) in [6, 6.07) is 13.8. The van der Waals surface area contributed by atoms with E-state index in [2.05, 4.69) is 5.32 Å². The highest BCUT2D eigenvalue weighted by atomic mass is 16.6. The lowest BCUT2D eigenvalue weighted by Gasteiger charge is -2.35. The molecule has 0 aromatic heterocycles. The first-order chi connectivity index (χ1) is 12.9. The number of nitrogens with zero attached hydrogens (tertiary/aromatic N) is 2. The molecule has 2 aromatic rings. The summed E-state index contributed by atoms with van der Waals surface area (Å²) >= 11 is 0. The number of hydrogen-bond acceptors (Lipinski definition) is 5. The molecule has 142 valence electrons. The number of nitro groups is 1. The summed E-state index contributed by atoms with van der Waals surface area (Å²) in [6.45, 7) is 5.54. The molecule has 27 heavy (non-hydrogen) atoms. The third kappa shape index (κ3) is 4.62. The van der Waals surface area contributed by atoms with Crippen molar-refractivity contribution in [3.63, 3.8) is 0 Å². The van der Waals surface area contributed by atoms with Gasteiger partial charge in [0.25, 0.3) is 11.6 Å². The van der Waals surface area contributed by atoms with Gasteiger partial charge in [0.1, 0.15) is 5.69 Å². The molecule has 7 nitrogen and oxygen atoms in total. The predicted octanol–water partition coefficient (Wildman–Crippen LogP) is 3.46. The van der Waals surface area contributed by atoms with Gasteiger partial charge in [-0.25, -0.2) is 0 Å². The smallest absolute Gasteiger partial charge is 0.292 e. The number of amides is 1. The van der Waals surface area contributed by atoms with Crippen molar-refractivity contribution in [1.29, 1.82) is 0 Å². The predicted molar refractivity (Wildman–Crippen MR) is 103 cm³/mol. The van der Waals surface area contributed by atoms with Crippen LogP contribution in [0.25, 0.3) is 0 Å². The van der Waals surface area contributed by atoms with Gasteiger partial charge in [-0.15, -0.1) is 0 Å². The Labute approximate surface area is 158 Å². The Hall–Kier alpha value is -2.93. The van der Waals surface area contributed by atoms with Gasteiger partial charge < -0.3 is 15.0 Å². The molecular weight excluding hydrogens is 346 g/mol. The van der Waals surface area contributed by atoms with E-state index in [0.717, 1.165) is 5.56 Å². The number of nitrogens with one attached hydrogen (secondary N) is 1. The number of carbonyl (C=O) groups excluding carboxylic acids is 1. The van der Waals surface area contributed by atoms with Crippen molar-refractivity contribution in [2.24, 2.45) is 0 Å². The second-order valence-electron chi connectivity index (χ2n) is 6.79. The molecule has 1 fully saturated rings. The zero-order valence-corrected chi connectivity index (χ0v) is 15.4. The zero-order chi connectivity index (χ0) is 19.4.